The first-order valence-corrected chi connectivity index (χ1v) is 8.37. The topological polar surface area (TPSA) is 134 Å². The van der Waals surface area contributed by atoms with Crippen molar-refractivity contribution in [1.29, 1.82) is 0 Å². The van der Waals surface area contributed by atoms with Crippen molar-refractivity contribution in [1.82, 2.24) is 10.3 Å². The smallest absolute Gasteiger partial charge is 0.405 e. The minimum atomic E-state index is -1.28. The third-order valence-electron chi connectivity index (χ3n) is 3.90. The van der Waals surface area contributed by atoms with Crippen LogP contribution in [-0.2, 0) is 11.4 Å². The van der Waals surface area contributed by atoms with Gasteiger partial charge in [0.05, 0.1) is 31.2 Å². The number of methoxy groups -OCH3 is 1. The normalized spacial score (nSPS) is 11.9. The fourth-order valence-corrected chi connectivity index (χ4v) is 2.75. The highest BCUT2D eigenvalue weighted by Gasteiger charge is 2.24. The molecule has 1 atom stereocenters. The Morgan fingerprint density at radius 2 is 2.07 bits per heavy atom. The minimum Gasteiger partial charge on any atom is -0.496 e. The number of amides is 2. The number of anilines is 1. The van der Waals surface area contributed by atoms with Crippen LogP contribution >= 0.6 is 0 Å². The lowest BCUT2D eigenvalue weighted by molar-refractivity contribution is -0.118. The van der Waals surface area contributed by atoms with Gasteiger partial charge in [-0.05, 0) is 24.5 Å². The van der Waals surface area contributed by atoms with Crippen molar-refractivity contribution in [3.63, 3.8) is 0 Å². The van der Waals surface area contributed by atoms with E-state index in [1.807, 2.05) is 13.8 Å². The number of rotatable bonds is 8. The number of carbonyl (C=O) groups is 2. The molecule has 1 aromatic carbocycles. The number of aliphatic hydroxyl groups excluding tert-OH is 1. The second-order valence-electron chi connectivity index (χ2n) is 6.32. The molecule has 27 heavy (non-hydrogen) atoms. The van der Waals surface area contributed by atoms with Crippen molar-refractivity contribution in [2.24, 2.45) is 5.92 Å². The van der Waals surface area contributed by atoms with E-state index < -0.39 is 24.6 Å². The van der Waals surface area contributed by atoms with Crippen molar-refractivity contribution in [3.8, 4) is 17.1 Å². The van der Waals surface area contributed by atoms with Crippen molar-refractivity contribution < 1.29 is 29.0 Å². The maximum Gasteiger partial charge on any atom is 0.405 e. The molecule has 4 N–H and O–H groups in total. The average Bonchev–Trinajstić information content (AvgIpc) is 3.14. The number of carboxylic acid groups (broad SMARTS) is 1. The number of benzene rings is 1. The van der Waals surface area contributed by atoms with Crippen LogP contribution in [0.4, 0.5) is 10.5 Å². The van der Waals surface area contributed by atoms with Crippen LogP contribution < -0.4 is 15.4 Å². The van der Waals surface area contributed by atoms with E-state index in [1.54, 1.807) is 12.1 Å². The molecule has 2 aromatic rings. The zero-order chi connectivity index (χ0) is 20.0. The molecule has 0 bridgehead atoms. The summed E-state index contributed by atoms with van der Waals surface area (Å²) in [7, 11) is 1.44. The number of nitrogens with zero attached hydrogens (tertiary/aromatic N) is 1. The van der Waals surface area contributed by atoms with Gasteiger partial charge in [-0.25, -0.2) is 9.78 Å². The SMILES string of the molecule is COc1c(-c2cnco2)ccc(NC(=O)C(CC(C)C)NC(=O)O)c1CO. The Morgan fingerprint density at radius 1 is 1.33 bits per heavy atom. The predicted molar refractivity (Wildman–Crippen MR) is 97.4 cm³/mol. The van der Waals surface area contributed by atoms with Gasteiger partial charge in [0.25, 0.3) is 0 Å². The third-order valence-corrected chi connectivity index (χ3v) is 3.90. The molecule has 1 unspecified atom stereocenters. The van der Waals surface area contributed by atoms with Crippen LogP contribution in [0.25, 0.3) is 11.3 Å². The van der Waals surface area contributed by atoms with Crippen LogP contribution in [0.2, 0.25) is 0 Å². The molecule has 0 spiro atoms. The van der Waals surface area contributed by atoms with E-state index in [0.29, 0.717) is 34.7 Å². The lowest BCUT2D eigenvalue weighted by atomic mass is 10.0. The Hall–Kier alpha value is -3.07. The molecule has 2 rings (SSSR count). The first-order valence-electron chi connectivity index (χ1n) is 8.37. The fourth-order valence-electron chi connectivity index (χ4n) is 2.75. The van der Waals surface area contributed by atoms with Crippen molar-refractivity contribution in [3.05, 3.63) is 30.3 Å². The zero-order valence-electron chi connectivity index (χ0n) is 15.4. The molecule has 0 radical (unpaired) electrons. The average molecular weight is 377 g/mol. The maximum atomic E-state index is 12.6. The standard InChI is InChI=1S/C18H23N3O6/c1-10(2)6-14(21-18(24)25)17(23)20-13-5-4-11(15-7-19-9-27-15)16(26-3)12(13)8-22/h4-5,7,9-10,14,21-22H,6,8H2,1-3H3,(H,20,23)(H,24,25). The number of aliphatic hydroxyl groups is 1. The van der Waals surface area contributed by atoms with Gasteiger partial charge in [-0.15, -0.1) is 0 Å². The van der Waals surface area contributed by atoms with Crippen LogP contribution in [0.5, 0.6) is 5.75 Å². The molecule has 0 saturated heterocycles. The number of carbonyl (C=O) groups excluding carboxylic acids is 1. The Morgan fingerprint density at radius 3 is 2.59 bits per heavy atom. The first-order chi connectivity index (χ1) is 12.9. The van der Waals surface area contributed by atoms with Crippen molar-refractivity contribution in [2.45, 2.75) is 32.9 Å². The fraction of sp³-hybridized carbons (Fsp3) is 0.389. The third kappa shape index (κ3) is 4.98. The first kappa shape index (κ1) is 20.2. The van der Waals surface area contributed by atoms with Gasteiger partial charge in [-0.2, -0.15) is 0 Å². The monoisotopic (exact) mass is 377 g/mol. The summed E-state index contributed by atoms with van der Waals surface area (Å²) in [5.74, 6) is 0.367. The van der Waals surface area contributed by atoms with Gasteiger partial charge in [0.1, 0.15) is 11.8 Å². The van der Waals surface area contributed by atoms with E-state index in [-0.39, 0.29) is 5.92 Å². The van der Waals surface area contributed by atoms with Gasteiger partial charge in [0, 0.05) is 5.56 Å². The number of oxazole rings is 1. The van der Waals surface area contributed by atoms with Gasteiger partial charge in [0.15, 0.2) is 12.2 Å². The quantitative estimate of drug-likeness (QED) is 0.555. The van der Waals surface area contributed by atoms with Gasteiger partial charge in [-0.3, -0.25) is 4.79 Å². The Kier molecular flexibility index (Phi) is 6.78. The molecule has 9 nitrogen and oxygen atoms in total. The molecule has 0 saturated carbocycles. The van der Waals surface area contributed by atoms with Crippen LogP contribution in [-0.4, -0.2) is 40.3 Å². The van der Waals surface area contributed by atoms with Crippen molar-refractivity contribution in [2.75, 3.05) is 12.4 Å². The number of nitrogens with one attached hydrogen (secondary N) is 2. The van der Waals surface area contributed by atoms with E-state index >= 15 is 0 Å². The zero-order valence-corrected chi connectivity index (χ0v) is 15.4. The van der Waals surface area contributed by atoms with Gasteiger partial charge in [0.2, 0.25) is 5.91 Å². The highest BCUT2D eigenvalue weighted by molar-refractivity contribution is 5.97. The van der Waals surface area contributed by atoms with E-state index in [4.69, 9.17) is 14.3 Å². The molecular formula is C18H23N3O6. The Balaban J connectivity index is 2.34. The molecular weight excluding hydrogens is 354 g/mol. The van der Waals surface area contributed by atoms with Crippen LogP contribution in [0, 0.1) is 5.92 Å². The second-order valence-corrected chi connectivity index (χ2v) is 6.32. The highest BCUT2D eigenvalue weighted by Crippen LogP contribution is 2.37. The van der Waals surface area contributed by atoms with Gasteiger partial charge in [-0.1, -0.05) is 13.8 Å². The Bertz CT molecular complexity index is 789. The van der Waals surface area contributed by atoms with Crippen LogP contribution in [0.15, 0.2) is 29.1 Å². The summed E-state index contributed by atoms with van der Waals surface area (Å²) in [6, 6.07) is 2.33. The summed E-state index contributed by atoms with van der Waals surface area (Å²) in [6.07, 6.45) is 1.83. The Labute approximate surface area is 156 Å². The van der Waals surface area contributed by atoms with E-state index in [0.717, 1.165) is 0 Å². The minimum absolute atomic E-state index is 0.105. The molecule has 1 aromatic heterocycles. The van der Waals surface area contributed by atoms with E-state index in [2.05, 4.69) is 15.6 Å². The number of aromatic nitrogens is 1. The van der Waals surface area contributed by atoms with Gasteiger partial charge < -0.3 is 30.0 Å². The number of hydrogen-bond acceptors (Lipinski definition) is 6. The summed E-state index contributed by atoms with van der Waals surface area (Å²) >= 11 is 0. The van der Waals surface area contributed by atoms with E-state index in [9.17, 15) is 14.7 Å². The summed E-state index contributed by atoms with van der Waals surface area (Å²) in [6.45, 7) is 3.37. The molecule has 0 aliphatic carbocycles. The summed E-state index contributed by atoms with van der Waals surface area (Å²) in [5, 5.41) is 23.7. The van der Waals surface area contributed by atoms with Gasteiger partial charge >= 0.3 is 6.09 Å². The lowest BCUT2D eigenvalue weighted by Crippen LogP contribution is -2.44. The largest absolute Gasteiger partial charge is 0.496 e. The summed E-state index contributed by atoms with van der Waals surface area (Å²) in [4.78, 5) is 27.4. The molecule has 146 valence electrons. The summed E-state index contributed by atoms with van der Waals surface area (Å²) in [5.41, 5.74) is 1.24. The molecule has 0 fully saturated rings. The number of hydrogen-bond donors (Lipinski definition) is 4. The molecule has 2 amide bonds. The molecule has 0 aliphatic rings. The van der Waals surface area contributed by atoms with E-state index in [1.165, 1.54) is 19.7 Å². The molecule has 1 heterocycles. The van der Waals surface area contributed by atoms with Crippen molar-refractivity contribution >= 4 is 17.7 Å². The second kappa shape index (κ2) is 9.04. The number of ether oxygens (including phenoxy) is 1. The summed E-state index contributed by atoms with van der Waals surface area (Å²) < 4.78 is 10.7. The molecule has 0 aliphatic heterocycles. The highest BCUT2D eigenvalue weighted by atomic mass is 16.5. The van der Waals surface area contributed by atoms with Crippen LogP contribution in [0.3, 0.4) is 0 Å². The maximum absolute atomic E-state index is 12.6. The van der Waals surface area contributed by atoms with Crippen LogP contribution in [0.1, 0.15) is 25.8 Å². The predicted octanol–water partition coefficient (Wildman–Crippen LogP) is 2.46. The molecule has 9 heteroatoms. The lowest BCUT2D eigenvalue weighted by Gasteiger charge is -2.21.